The van der Waals surface area contributed by atoms with Crippen molar-refractivity contribution in [2.24, 2.45) is 0 Å². The zero-order valence-corrected chi connectivity index (χ0v) is 20.8. The molecular formula is C16H22N5O15P2-. The monoisotopic (exact) mass is 586 g/mol. The van der Waals surface area contributed by atoms with E-state index < -0.39 is 82.4 Å². The van der Waals surface area contributed by atoms with Gasteiger partial charge in [0.1, 0.15) is 24.4 Å². The van der Waals surface area contributed by atoms with Crippen molar-refractivity contribution in [2.45, 2.75) is 50.0 Å². The van der Waals surface area contributed by atoms with E-state index >= 15 is 0 Å². The highest BCUT2D eigenvalue weighted by atomic mass is 31.3. The molecule has 0 amide bonds. The van der Waals surface area contributed by atoms with E-state index in [-0.39, 0.29) is 17.1 Å². The lowest BCUT2D eigenvalue weighted by Gasteiger charge is -2.35. The van der Waals surface area contributed by atoms with Crippen molar-refractivity contribution in [2.75, 3.05) is 12.3 Å². The van der Waals surface area contributed by atoms with E-state index in [9.17, 15) is 49.2 Å². The van der Waals surface area contributed by atoms with Crippen molar-refractivity contribution in [3.63, 3.8) is 0 Å². The zero-order chi connectivity index (χ0) is 28.2. The summed E-state index contributed by atoms with van der Waals surface area (Å²) in [6.07, 6.45) is -11.0. The average Bonchev–Trinajstić information content (AvgIpc) is 3.35. The molecule has 9 N–H and O–H groups in total. The molecule has 2 aliphatic heterocycles. The predicted octanol–water partition coefficient (Wildman–Crippen LogP) is -2.63. The van der Waals surface area contributed by atoms with Crippen LogP contribution >= 0.6 is 15.6 Å². The second-order valence-electron chi connectivity index (χ2n) is 8.08. The van der Waals surface area contributed by atoms with Crippen LogP contribution in [0.25, 0.3) is 11.2 Å². The summed E-state index contributed by atoms with van der Waals surface area (Å²) >= 11 is 0. The number of fused-ring (bicyclic) bond motifs is 1. The third-order valence-corrected chi connectivity index (χ3v) is 7.99. The van der Waals surface area contributed by atoms with E-state index in [1.807, 2.05) is 0 Å². The minimum atomic E-state index is -5.78. The molecule has 4 heterocycles. The van der Waals surface area contributed by atoms with E-state index in [0.29, 0.717) is 0 Å². The third-order valence-electron chi connectivity index (χ3n) is 5.42. The Morgan fingerprint density at radius 2 is 1.89 bits per heavy atom. The summed E-state index contributed by atoms with van der Waals surface area (Å²) in [6.45, 7) is 0.178. The molecule has 2 aromatic heterocycles. The number of anilines is 1. The number of aromatic amines is 1. The average molecular weight is 586 g/mol. The molecule has 20 nitrogen and oxygen atoms in total. The lowest BCUT2D eigenvalue weighted by Crippen LogP contribution is -2.42. The van der Waals surface area contributed by atoms with Gasteiger partial charge < -0.3 is 50.5 Å². The van der Waals surface area contributed by atoms with Crippen molar-refractivity contribution in [1.29, 1.82) is 0 Å². The van der Waals surface area contributed by atoms with Gasteiger partial charge in [-0.15, -0.1) is 0 Å². The Kier molecular flexibility index (Phi) is 7.71. The molecule has 0 radical (unpaired) electrons. The highest BCUT2D eigenvalue weighted by Crippen LogP contribution is 2.59. The van der Waals surface area contributed by atoms with E-state index in [2.05, 4.69) is 28.3 Å². The molecule has 6 unspecified atom stereocenters. The maximum atomic E-state index is 12.2. The predicted molar refractivity (Wildman–Crippen MR) is 117 cm³/mol. The van der Waals surface area contributed by atoms with Crippen molar-refractivity contribution < 1.29 is 67.3 Å². The molecule has 2 aliphatic rings. The van der Waals surface area contributed by atoms with Gasteiger partial charge in [-0.2, -0.15) is 4.98 Å². The summed E-state index contributed by atoms with van der Waals surface area (Å²) in [7, 11) is -11.3. The highest BCUT2D eigenvalue weighted by molar-refractivity contribution is 7.60. The first-order chi connectivity index (χ1) is 17.6. The van der Waals surface area contributed by atoms with Gasteiger partial charge in [0.2, 0.25) is 5.95 Å². The minimum Gasteiger partial charge on any atom is -0.756 e. The van der Waals surface area contributed by atoms with Gasteiger partial charge in [0.15, 0.2) is 41.3 Å². The Balaban J connectivity index is 1.40. The minimum absolute atomic E-state index is 0.111. The molecule has 9 atom stereocenters. The first-order valence-electron chi connectivity index (χ1n) is 10.5. The van der Waals surface area contributed by atoms with E-state index in [0.717, 1.165) is 10.9 Å². The van der Waals surface area contributed by atoms with Gasteiger partial charge in [0.25, 0.3) is 13.4 Å². The summed E-state index contributed by atoms with van der Waals surface area (Å²) in [5.74, 6) is -2.12. The van der Waals surface area contributed by atoms with Crippen molar-refractivity contribution in [3.05, 3.63) is 28.2 Å². The number of nitrogen functional groups attached to an aromatic ring is 1. The molecule has 2 aromatic rings. The van der Waals surface area contributed by atoms with E-state index in [1.165, 1.54) is 6.92 Å². The van der Waals surface area contributed by atoms with Crippen LogP contribution in [0.3, 0.4) is 0 Å². The lowest BCUT2D eigenvalue weighted by atomic mass is 10.1. The number of imidazole rings is 1. The Morgan fingerprint density at radius 1 is 1.21 bits per heavy atom. The molecule has 4 rings (SSSR count). The van der Waals surface area contributed by atoms with Crippen LogP contribution in [0.15, 0.2) is 22.6 Å². The van der Waals surface area contributed by atoms with Crippen LogP contribution in [0, 0.1) is 0 Å². The number of aliphatic hydroxyl groups excluding tert-OH is 5. The van der Waals surface area contributed by atoms with Crippen LogP contribution in [-0.2, 0) is 32.0 Å². The summed E-state index contributed by atoms with van der Waals surface area (Å²) in [6, 6.07) is 0. The lowest BCUT2D eigenvalue weighted by molar-refractivity contribution is -0.257. The smallest absolute Gasteiger partial charge is 0.478 e. The number of ether oxygens (including phenoxy) is 2. The van der Waals surface area contributed by atoms with Gasteiger partial charge in [-0.25, -0.2) is 13.9 Å². The van der Waals surface area contributed by atoms with Crippen LogP contribution in [0.2, 0.25) is 0 Å². The largest absolute Gasteiger partial charge is 0.756 e. The highest BCUT2D eigenvalue weighted by Gasteiger charge is 2.46. The SMILES string of the molecule is CC1O[C@H](OP(=O)([O-])OP(=O)(O)OC[C@H]2O[C@@H](n3cnc4c(=O)[nH]c(N)nc43)C(O)C2O)C(O)C(O)=C1O. The van der Waals surface area contributed by atoms with Crippen LogP contribution in [0.4, 0.5) is 5.95 Å². The number of nitrogens with two attached hydrogens (primary N) is 1. The zero-order valence-electron chi connectivity index (χ0n) is 19.0. The van der Waals surface area contributed by atoms with Gasteiger partial charge >= 0.3 is 7.82 Å². The summed E-state index contributed by atoms with van der Waals surface area (Å²) in [4.78, 5) is 43.8. The van der Waals surface area contributed by atoms with Gasteiger partial charge in [-0.3, -0.25) is 28.0 Å². The number of phosphoric acid groups is 2. The molecule has 0 spiro atoms. The number of aromatic nitrogens is 4. The van der Waals surface area contributed by atoms with E-state index in [4.69, 9.17) is 15.2 Å². The molecular weight excluding hydrogens is 564 g/mol. The van der Waals surface area contributed by atoms with Gasteiger partial charge in [0, 0.05) is 0 Å². The molecule has 0 aromatic carbocycles. The number of rotatable bonds is 8. The molecule has 0 aliphatic carbocycles. The number of hydrogen-bond donors (Lipinski definition) is 8. The summed E-state index contributed by atoms with van der Waals surface area (Å²) < 4.78 is 48.6. The fourth-order valence-corrected chi connectivity index (χ4v) is 5.71. The first kappa shape index (κ1) is 28.6. The molecule has 212 valence electrons. The van der Waals surface area contributed by atoms with Crippen LogP contribution in [0.5, 0.6) is 0 Å². The molecule has 38 heavy (non-hydrogen) atoms. The Hall–Kier alpha value is -2.45. The standard InChI is InChI=1S/C16H23N5O15P2/c1-4-7(22)9(24)11(26)15(33-4)35-38(30,31)36-37(28,29)32-2-5-8(23)10(25)14(34-5)21-3-18-6-12(21)19-16(17)20-13(6)27/h3-5,8,10-11,14-15,22-26H,2H2,1H3,(H,28,29)(H,30,31)(H3,17,19,20,27)/p-1/t4?,5-,8?,10?,11?,14-,15-/m1/s1. The maximum Gasteiger partial charge on any atom is 0.478 e. The molecule has 1 fully saturated rings. The number of nitrogens with zero attached hydrogens (tertiary/aromatic N) is 3. The van der Waals surface area contributed by atoms with Gasteiger partial charge in [0.05, 0.1) is 12.9 Å². The molecule has 1 saturated heterocycles. The number of aliphatic hydroxyl groups is 5. The topological polar surface area (TPSA) is 314 Å². The normalized spacial score (nSPS) is 33.4. The maximum absolute atomic E-state index is 12.2. The van der Waals surface area contributed by atoms with Crippen molar-refractivity contribution in [1.82, 2.24) is 19.5 Å². The quantitative estimate of drug-likeness (QED) is 0.147. The van der Waals surface area contributed by atoms with Crippen molar-refractivity contribution in [3.8, 4) is 0 Å². The Morgan fingerprint density at radius 3 is 2.58 bits per heavy atom. The van der Waals surface area contributed by atoms with Crippen LogP contribution in [0.1, 0.15) is 13.2 Å². The number of phosphoric ester groups is 2. The third kappa shape index (κ3) is 5.62. The molecule has 0 saturated carbocycles. The summed E-state index contributed by atoms with van der Waals surface area (Å²) in [5, 5.41) is 49.6. The number of hydrogen-bond acceptors (Lipinski definition) is 17. The van der Waals surface area contributed by atoms with Crippen LogP contribution in [-0.4, -0.2) is 93.4 Å². The Labute approximate surface area is 210 Å². The number of H-pyrrole nitrogens is 1. The van der Waals surface area contributed by atoms with Gasteiger partial charge in [-0.1, -0.05) is 0 Å². The summed E-state index contributed by atoms with van der Waals surface area (Å²) in [5.41, 5.74) is 4.55. The van der Waals surface area contributed by atoms with Crippen LogP contribution < -0.4 is 16.2 Å². The van der Waals surface area contributed by atoms with Gasteiger partial charge in [-0.05, 0) is 6.92 Å². The fraction of sp³-hybridized carbons (Fsp3) is 0.562. The molecule has 22 heteroatoms. The van der Waals surface area contributed by atoms with E-state index in [1.54, 1.807) is 0 Å². The molecule has 0 bridgehead atoms. The fourth-order valence-electron chi connectivity index (χ4n) is 3.60. The first-order valence-corrected chi connectivity index (χ1v) is 13.4. The second kappa shape index (κ2) is 10.3. The Bertz CT molecular complexity index is 1390. The van der Waals surface area contributed by atoms with Crippen molar-refractivity contribution >= 4 is 32.8 Å². The second-order valence-corrected chi connectivity index (χ2v) is 11.0. The number of nitrogens with one attached hydrogen (secondary N) is 1.